The molecule has 2 rings (SSSR count). The van der Waals surface area contributed by atoms with Crippen LogP contribution in [-0.2, 0) is 0 Å². The maximum Gasteiger partial charge on any atom is 0.183 e. The molecule has 0 amide bonds. The van der Waals surface area contributed by atoms with E-state index in [0.29, 0.717) is 6.42 Å². The molecule has 5 heteroatoms. The standard InChI is InChI=1S/C12H16F2N2O/c13-7-5-6-8(15)12(11(7)14)16-9-3-1-2-4-10(9)17/h5-6,9-10,16-17H,1-4,15H2. The van der Waals surface area contributed by atoms with Gasteiger partial charge >= 0.3 is 0 Å². The summed E-state index contributed by atoms with van der Waals surface area (Å²) in [4.78, 5) is 0. The number of aliphatic hydroxyl groups excluding tert-OH is 1. The van der Waals surface area contributed by atoms with Crippen LogP contribution in [0.15, 0.2) is 12.1 Å². The molecule has 1 saturated carbocycles. The fourth-order valence-corrected chi connectivity index (χ4v) is 2.18. The maximum atomic E-state index is 13.5. The van der Waals surface area contributed by atoms with Gasteiger partial charge in [0.15, 0.2) is 11.6 Å². The molecule has 1 fully saturated rings. The van der Waals surface area contributed by atoms with Crippen LogP contribution in [0.3, 0.4) is 0 Å². The zero-order valence-electron chi connectivity index (χ0n) is 9.42. The Morgan fingerprint density at radius 3 is 2.65 bits per heavy atom. The molecule has 0 aliphatic heterocycles. The van der Waals surface area contributed by atoms with Crippen LogP contribution < -0.4 is 11.1 Å². The fourth-order valence-electron chi connectivity index (χ4n) is 2.18. The first kappa shape index (κ1) is 12.1. The summed E-state index contributed by atoms with van der Waals surface area (Å²) in [5.74, 6) is -1.92. The Bertz CT molecular complexity index is 412. The summed E-state index contributed by atoms with van der Waals surface area (Å²) in [6.45, 7) is 0. The van der Waals surface area contributed by atoms with E-state index in [9.17, 15) is 13.9 Å². The molecular formula is C12H16F2N2O. The Balaban J connectivity index is 2.20. The molecule has 0 spiro atoms. The first-order valence-corrected chi connectivity index (χ1v) is 5.77. The molecule has 1 aromatic carbocycles. The van der Waals surface area contributed by atoms with Gasteiger partial charge in [0.05, 0.1) is 23.5 Å². The van der Waals surface area contributed by atoms with Crippen LogP contribution >= 0.6 is 0 Å². The molecule has 1 aromatic rings. The Labute approximate surface area is 98.6 Å². The van der Waals surface area contributed by atoms with Crippen molar-refractivity contribution in [3.63, 3.8) is 0 Å². The maximum absolute atomic E-state index is 13.5. The first-order valence-electron chi connectivity index (χ1n) is 5.77. The van der Waals surface area contributed by atoms with E-state index >= 15 is 0 Å². The second-order valence-electron chi connectivity index (χ2n) is 4.43. The molecule has 0 radical (unpaired) electrons. The number of aliphatic hydroxyl groups is 1. The van der Waals surface area contributed by atoms with Gasteiger partial charge < -0.3 is 16.2 Å². The van der Waals surface area contributed by atoms with Crippen LogP contribution in [0.2, 0.25) is 0 Å². The highest BCUT2D eigenvalue weighted by Gasteiger charge is 2.25. The van der Waals surface area contributed by atoms with E-state index < -0.39 is 17.7 Å². The van der Waals surface area contributed by atoms with Gasteiger partial charge in [-0.05, 0) is 25.0 Å². The quantitative estimate of drug-likeness (QED) is 0.697. The smallest absolute Gasteiger partial charge is 0.183 e. The lowest BCUT2D eigenvalue weighted by molar-refractivity contribution is 0.116. The number of benzene rings is 1. The van der Waals surface area contributed by atoms with E-state index in [2.05, 4.69) is 5.32 Å². The van der Waals surface area contributed by atoms with Gasteiger partial charge in [0, 0.05) is 0 Å². The third-order valence-corrected chi connectivity index (χ3v) is 3.19. The molecule has 94 valence electrons. The van der Waals surface area contributed by atoms with E-state index in [4.69, 9.17) is 5.73 Å². The van der Waals surface area contributed by atoms with Gasteiger partial charge in [-0.2, -0.15) is 0 Å². The highest BCUT2D eigenvalue weighted by Crippen LogP contribution is 2.28. The van der Waals surface area contributed by atoms with E-state index in [-0.39, 0.29) is 17.4 Å². The van der Waals surface area contributed by atoms with Crippen molar-refractivity contribution in [1.29, 1.82) is 0 Å². The summed E-state index contributed by atoms with van der Waals surface area (Å²) in [6, 6.07) is 2.05. The van der Waals surface area contributed by atoms with Crippen LogP contribution in [0.4, 0.5) is 20.2 Å². The normalized spacial score (nSPS) is 24.6. The van der Waals surface area contributed by atoms with Crippen molar-refractivity contribution < 1.29 is 13.9 Å². The van der Waals surface area contributed by atoms with Gasteiger partial charge in [-0.25, -0.2) is 8.78 Å². The number of hydrogen-bond donors (Lipinski definition) is 3. The number of halogens is 2. The molecule has 4 N–H and O–H groups in total. The largest absolute Gasteiger partial charge is 0.397 e. The van der Waals surface area contributed by atoms with E-state index in [0.717, 1.165) is 25.3 Å². The molecule has 0 heterocycles. The van der Waals surface area contributed by atoms with Crippen LogP contribution in [0, 0.1) is 11.6 Å². The summed E-state index contributed by atoms with van der Waals surface area (Å²) >= 11 is 0. The molecule has 17 heavy (non-hydrogen) atoms. The predicted octanol–water partition coefficient (Wildman–Crippen LogP) is 2.26. The molecular weight excluding hydrogens is 226 g/mol. The van der Waals surface area contributed by atoms with Gasteiger partial charge in [-0.15, -0.1) is 0 Å². The molecule has 1 aliphatic rings. The number of nitrogens with one attached hydrogen (secondary N) is 1. The zero-order chi connectivity index (χ0) is 12.4. The summed E-state index contributed by atoms with van der Waals surface area (Å²) in [6.07, 6.45) is 2.79. The average Bonchev–Trinajstić information content (AvgIpc) is 2.32. The lowest BCUT2D eigenvalue weighted by Crippen LogP contribution is -2.36. The highest BCUT2D eigenvalue weighted by molar-refractivity contribution is 5.67. The van der Waals surface area contributed by atoms with Crippen LogP contribution in [0.5, 0.6) is 0 Å². The molecule has 0 aromatic heterocycles. The monoisotopic (exact) mass is 242 g/mol. The summed E-state index contributed by atoms with van der Waals surface area (Å²) < 4.78 is 26.6. The van der Waals surface area contributed by atoms with E-state index in [1.54, 1.807) is 0 Å². The van der Waals surface area contributed by atoms with Gasteiger partial charge in [0.2, 0.25) is 0 Å². The summed E-state index contributed by atoms with van der Waals surface area (Å²) in [5.41, 5.74) is 5.71. The number of rotatable bonds is 2. The topological polar surface area (TPSA) is 58.3 Å². The molecule has 1 aliphatic carbocycles. The van der Waals surface area contributed by atoms with Crippen molar-refractivity contribution in [3.8, 4) is 0 Å². The molecule has 0 saturated heterocycles. The van der Waals surface area contributed by atoms with Gasteiger partial charge in [-0.3, -0.25) is 0 Å². The summed E-state index contributed by atoms with van der Waals surface area (Å²) in [5, 5.41) is 12.6. The number of hydrogen-bond acceptors (Lipinski definition) is 3. The number of nitrogens with two attached hydrogens (primary N) is 1. The highest BCUT2D eigenvalue weighted by atomic mass is 19.2. The van der Waals surface area contributed by atoms with E-state index in [1.807, 2.05) is 0 Å². The lowest BCUT2D eigenvalue weighted by atomic mass is 9.92. The van der Waals surface area contributed by atoms with Crippen molar-refractivity contribution in [3.05, 3.63) is 23.8 Å². The summed E-state index contributed by atoms with van der Waals surface area (Å²) in [7, 11) is 0. The Kier molecular flexibility index (Phi) is 3.47. The second kappa shape index (κ2) is 4.87. The predicted molar refractivity (Wildman–Crippen MR) is 62.7 cm³/mol. The SMILES string of the molecule is Nc1ccc(F)c(F)c1NC1CCCCC1O. The first-order chi connectivity index (χ1) is 8.09. The van der Waals surface area contributed by atoms with Crippen LogP contribution in [-0.4, -0.2) is 17.3 Å². The third kappa shape index (κ3) is 2.49. The van der Waals surface area contributed by atoms with Gasteiger partial charge in [0.1, 0.15) is 0 Å². The molecule has 3 nitrogen and oxygen atoms in total. The number of anilines is 2. The molecule has 2 atom stereocenters. The minimum Gasteiger partial charge on any atom is -0.397 e. The minimum atomic E-state index is -0.984. The molecule has 0 bridgehead atoms. The van der Waals surface area contributed by atoms with E-state index in [1.165, 1.54) is 6.07 Å². The van der Waals surface area contributed by atoms with Crippen molar-refractivity contribution in [2.45, 2.75) is 37.8 Å². The van der Waals surface area contributed by atoms with Crippen molar-refractivity contribution in [1.82, 2.24) is 0 Å². The Morgan fingerprint density at radius 1 is 1.24 bits per heavy atom. The third-order valence-electron chi connectivity index (χ3n) is 3.19. The number of nitrogen functional groups attached to an aromatic ring is 1. The Morgan fingerprint density at radius 2 is 1.94 bits per heavy atom. The second-order valence-corrected chi connectivity index (χ2v) is 4.43. The zero-order valence-corrected chi connectivity index (χ0v) is 9.42. The fraction of sp³-hybridized carbons (Fsp3) is 0.500. The Hall–Kier alpha value is -1.36. The lowest BCUT2D eigenvalue weighted by Gasteiger charge is -2.29. The van der Waals surface area contributed by atoms with Gasteiger partial charge in [-0.1, -0.05) is 12.8 Å². The van der Waals surface area contributed by atoms with Crippen molar-refractivity contribution in [2.24, 2.45) is 0 Å². The minimum absolute atomic E-state index is 0.0454. The van der Waals surface area contributed by atoms with Gasteiger partial charge in [0.25, 0.3) is 0 Å². The van der Waals surface area contributed by atoms with Crippen LogP contribution in [0.1, 0.15) is 25.7 Å². The molecule has 2 unspecified atom stereocenters. The van der Waals surface area contributed by atoms with Crippen molar-refractivity contribution in [2.75, 3.05) is 11.1 Å². The van der Waals surface area contributed by atoms with Crippen molar-refractivity contribution >= 4 is 11.4 Å². The van der Waals surface area contributed by atoms with Crippen LogP contribution in [0.25, 0.3) is 0 Å². The average molecular weight is 242 g/mol.